The van der Waals surface area contributed by atoms with Gasteiger partial charge in [0.05, 0.1) is 0 Å². The summed E-state index contributed by atoms with van der Waals surface area (Å²) in [7, 11) is 0. The van der Waals surface area contributed by atoms with E-state index in [0.29, 0.717) is 13.0 Å². The van der Waals surface area contributed by atoms with E-state index >= 15 is 0 Å². The molecule has 5 nitrogen and oxygen atoms in total. The molecule has 0 spiro atoms. The van der Waals surface area contributed by atoms with Crippen molar-refractivity contribution < 1.29 is 14.7 Å². The highest BCUT2D eigenvalue weighted by Gasteiger charge is 2.32. The molecule has 98 valence electrons. The molecular weight excluding hydrogens is 240 g/mol. The van der Waals surface area contributed by atoms with Gasteiger partial charge in [-0.2, -0.15) is 11.8 Å². The molecule has 0 radical (unpaired) electrons. The summed E-state index contributed by atoms with van der Waals surface area (Å²) in [6.07, 6.45) is 2.13. The minimum Gasteiger partial charge on any atom is -0.480 e. The average molecular weight is 260 g/mol. The maximum absolute atomic E-state index is 11.4. The minimum absolute atomic E-state index is 0.334. The van der Waals surface area contributed by atoms with Gasteiger partial charge in [0, 0.05) is 18.1 Å². The quantitative estimate of drug-likeness (QED) is 0.456. The zero-order chi connectivity index (χ0) is 13.3. The highest BCUT2D eigenvalue weighted by Crippen LogP contribution is 2.08. The van der Waals surface area contributed by atoms with Crippen LogP contribution in [0.5, 0.6) is 0 Å². The molecule has 0 saturated heterocycles. The Morgan fingerprint density at radius 3 is 2.65 bits per heavy atom. The van der Waals surface area contributed by atoms with Crippen molar-refractivity contribution in [3.63, 3.8) is 0 Å². The van der Waals surface area contributed by atoms with Gasteiger partial charge < -0.3 is 15.7 Å². The lowest BCUT2D eigenvalue weighted by molar-refractivity contribution is -0.143. The largest absolute Gasteiger partial charge is 0.480 e. The fourth-order valence-corrected chi connectivity index (χ4v) is 1.57. The highest BCUT2D eigenvalue weighted by molar-refractivity contribution is 7.99. The molecule has 1 atom stereocenters. The molecule has 0 aromatic heterocycles. The van der Waals surface area contributed by atoms with Gasteiger partial charge in [-0.25, -0.2) is 9.59 Å². The molecule has 0 aliphatic rings. The number of hydrogen-bond acceptors (Lipinski definition) is 3. The third kappa shape index (κ3) is 6.21. The van der Waals surface area contributed by atoms with E-state index in [-0.39, 0.29) is 0 Å². The Morgan fingerprint density at radius 1 is 1.53 bits per heavy atom. The molecule has 0 aromatic rings. The Kier molecular flexibility index (Phi) is 7.45. The molecule has 0 aliphatic heterocycles. The summed E-state index contributed by atoms with van der Waals surface area (Å²) in [6, 6.07) is -0.448. The molecule has 17 heavy (non-hydrogen) atoms. The van der Waals surface area contributed by atoms with Crippen LogP contribution in [0, 0.1) is 0 Å². The van der Waals surface area contributed by atoms with Crippen molar-refractivity contribution in [1.82, 2.24) is 10.6 Å². The second-order valence-corrected chi connectivity index (χ2v) is 4.89. The van der Waals surface area contributed by atoms with E-state index in [1.165, 1.54) is 6.92 Å². The van der Waals surface area contributed by atoms with Gasteiger partial charge in [0.2, 0.25) is 0 Å². The second-order valence-electron chi connectivity index (χ2n) is 3.74. The topological polar surface area (TPSA) is 78.4 Å². The van der Waals surface area contributed by atoms with Crippen LogP contribution in [0.15, 0.2) is 12.7 Å². The van der Waals surface area contributed by atoms with Crippen molar-refractivity contribution >= 4 is 23.8 Å². The number of aliphatic carboxylic acids is 1. The lowest BCUT2D eigenvalue weighted by atomic mass is 10.00. The number of carbonyl (C=O) groups excluding carboxylic acids is 1. The van der Waals surface area contributed by atoms with Gasteiger partial charge in [-0.05, 0) is 13.3 Å². The fraction of sp³-hybridized carbons (Fsp3) is 0.636. The highest BCUT2D eigenvalue weighted by atomic mass is 32.2. The molecule has 0 heterocycles. The normalized spacial score (nSPS) is 13.5. The number of amides is 2. The number of rotatable bonds is 8. The van der Waals surface area contributed by atoms with Crippen LogP contribution in [-0.2, 0) is 4.79 Å². The predicted molar refractivity (Wildman–Crippen MR) is 70.4 cm³/mol. The first kappa shape index (κ1) is 15.8. The molecule has 0 bridgehead atoms. The van der Waals surface area contributed by atoms with Gasteiger partial charge in [0.15, 0.2) is 0 Å². The van der Waals surface area contributed by atoms with Gasteiger partial charge in [0.1, 0.15) is 5.54 Å². The van der Waals surface area contributed by atoms with E-state index in [0.717, 1.165) is 11.5 Å². The van der Waals surface area contributed by atoms with Crippen molar-refractivity contribution in [3.05, 3.63) is 12.7 Å². The first-order valence-corrected chi connectivity index (χ1v) is 6.59. The van der Waals surface area contributed by atoms with Gasteiger partial charge in [-0.1, -0.05) is 13.0 Å². The minimum atomic E-state index is -1.21. The Morgan fingerprint density at radius 2 is 2.18 bits per heavy atom. The van der Waals surface area contributed by atoms with Crippen LogP contribution in [-0.4, -0.2) is 40.7 Å². The zero-order valence-electron chi connectivity index (χ0n) is 10.3. The summed E-state index contributed by atoms with van der Waals surface area (Å²) >= 11 is 1.65. The summed E-state index contributed by atoms with van der Waals surface area (Å²) in [4.78, 5) is 22.4. The van der Waals surface area contributed by atoms with Crippen LogP contribution in [0.25, 0.3) is 0 Å². The summed E-state index contributed by atoms with van der Waals surface area (Å²) in [5, 5.41) is 14.0. The SMILES string of the molecule is C=CCSCCNC(=O)NC(C)(CC)C(=O)O. The van der Waals surface area contributed by atoms with Crippen LogP contribution in [0.3, 0.4) is 0 Å². The molecule has 0 rings (SSSR count). The van der Waals surface area contributed by atoms with Crippen molar-refractivity contribution in [1.29, 1.82) is 0 Å². The van der Waals surface area contributed by atoms with E-state index < -0.39 is 17.5 Å². The first-order valence-electron chi connectivity index (χ1n) is 5.44. The second kappa shape index (κ2) is 8.00. The maximum atomic E-state index is 11.4. The standard InChI is InChI=1S/C11H20N2O3S/c1-4-7-17-8-6-12-10(16)13-11(3,5-2)9(14)15/h4H,1,5-8H2,2-3H3,(H,14,15)(H2,12,13,16). The van der Waals surface area contributed by atoms with E-state index in [1.54, 1.807) is 24.8 Å². The number of carbonyl (C=O) groups is 2. The van der Waals surface area contributed by atoms with E-state index in [4.69, 9.17) is 5.11 Å². The molecule has 0 saturated carbocycles. The summed E-state index contributed by atoms with van der Waals surface area (Å²) in [5.74, 6) is 0.580. The fourth-order valence-electron chi connectivity index (χ4n) is 0.991. The van der Waals surface area contributed by atoms with Gasteiger partial charge >= 0.3 is 12.0 Å². The van der Waals surface area contributed by atoms with E-state index in [1.807, 2.05) is 0 Å². The molecule has 0 aliphatic carbocycles. The number of carboxylic acids is 1. The lowest BCUT2D eigenvalue weighted by Crippen LogP contribution is -2.55. The summed E-state index contributed by atoms with van der Waals surface area (Å²) in [5.41, 5.74) is -1.21. The van der Waals surface area contributed by atoms with Crippen molar-refractivity contribution in [2.45, 2.75) is 25.8 Å². The third-order valence-corrected chi connectivity index (χ3v) is 3.30. The van der Waals surface area contributed by atoms with Crippen LogP contribution < -0.4 is 10.6 Å². The van der Waals surface area contributed by atoms with E-state index in [2.05, 4.69) is 17.2 Å². The van der Waals surface area contributed by atoms with Crippen molar-refractivity contribution in [3.8, 4) is 0 Å². The predicted octanol–water partition coefficient (Wildman–Crippen LogP) is 1.46. The first-order chi connectivity index (χ1) is 7.96. The zero-order valence-corrected chi connectivity index (χ0v) is 11.1. The lowest BCUT2D eigenvalue weighted by Gasteiger charge is -2.24. The number of nitrogens with one attached hydrogen (secondary N) is 2. The van der Waals surface area contributed by atoms with Crippen molar-refractivity contribution in [2.75, 3.05) is 18.1 Å². The summed E-state index contributed by atoms with van der Waals surface area (Å²) in [6.45, 7) is 7.29. The molecule has 2 amide bonds. The van der Waals surface area contributed by atoms with Crippen LogP contribution in [0.4, 0.5) is 4.79 Å². The van der Waals surface area contributed by atoms with Gasteiger partial charge in [-0.15, -0.1) is 6.58 Å². The van der Waals surface area contributed by atoms with Crippen molar-refractivity contribution in [2.24, 2.45) is 0 Å². The Hall–Kier alpha value is -1.17. The van der Waals surface area contributed by atoms with Crippen LogP contribution >= 0.6 is 11.8 Å². The molecule has 6 heteroatoms. The number of thioether (sulfide) groups is 1. The molecule has 1 unspecified atom stereocenters. The third-order valence-electron chi connectivity index (χ3n) is 2.34. The Bertz CT molecular complexity index is 284. The Labute approximate surface area is 106 Å². The number of carboxylic acid groups (broad SMARTS) is 1. The molecule has 0 aromatic carbocycles. The number of hydrogen-bond donors (Lipinski definition) is 3. The van der Waals surface area contributed by atoms with E-state index in [9.17, 15) is 9.59 Å². The average Bonchev–Trinajstić information content (AvgIpc) is 2.28. The van der Waals surface area contributed by atoms with Gasteiger partial charge in [0.25, 0.3) is 0 Å². The molecular formula is C11H20N2O3S. The van der Waals surface area contributed by atoms with Gasteiger partial charge in [-0.3, -0.25) is 0 Å². The van der Waals surface area contributed by atoms with Crippen LogP contribution in [0.2, 0.25) is 0 Å². The smallest absolute Gasteiger partial charge is 0.329 e. The Balaban J connectivity index is 3.92. The summed E-state index contributed by atoms with van der Waals surface area (Å²) < 4.78 is 0. The number of urea groups is 1. The maximum Gasteiger partial charge on any atom is 0.329 e. The molecule has 0 fully saturated rings. The molecule has 3 N–H and O–H groups in total. The monoisotopic (exact) mass is 260 g/mol. The van der Waals surface area contributed by atoms with Crippen LogP contribution in [0.1, 0.15) is 20.3 Å².